The topological polar surface area (TPSA) is 66.5 Å². The van der Waals surface area contributed by atoms with Gasteiger partial charge in [-0.25, -0.2) is 4.39 Å². The number of phenols is 1. The largest absolute Gasteiger partial charge is 0.507 e. The summed E-state index contributed by atoms with van der Waals surface area (Å²) in [6, 6.07) is 2.83. The van der Waals surface area contributed by atoms with Crippen LogP contribution in [0.3, 0.4) is 0 Å². The Balaban J connectivity index is 3.11. The molecule has 0 aliphatic rings. The van der Waals surface area contributed by atoms with Crippen LogP contribution in [0.15, 0.2) is 12.1 Å². The van der Waals surface area contributed by atoms with Gasteiger partial charge in [0, 0.05) is 0 Å². The summed E-state index contributed by atoms with van der Waals surface area (Å²) in [5, 5.41) is 18.9. The number of aliphatic hydroxyl groups is 1. The van der Waals surface area contributed by atoms with Crippen LogP contribution in [0, 0.1) is 12.7 Å². The van der Waals surface area contributed by atoms with Crippen LogP contribution in [0.1, 0.15) is 23.7 Å². The lowest BCUT2D eigenvalue weighted by Gasteiger charge is -2.13. The van der Waals surface area contributed by atoms with E-state index in [2.05, 4.69) is 0 Å². The van der Waals surface area contributed by atoms with Crippen molar-refractivity contribution in [3.63, 3.8) is 0 Å². The fraction of sp³-hybridized carbons (Fsp3) is 0.400. The van der Waals surface area contributed by atoms with Gasteiger partial charge in [-0.2, -0.15) is 0 Å². The van der Waals surface area contributed by atoms with Crippen molar-refractivity contribution in [2.75, 3.05) is 6.54 Å². The van der Waals surface area contributed by atoms with E-state index < -0.39 is 11.9 Å². The van der Waals surface area contributed by atoms with Crippen molar-refractivity contribution in [2.24, 2.45) is 5.73 Å². The summed E-state index contributed by atoms with van der Waals surface area (Å²) in [6.45, 7) is 1.82. The number of hydrogen-bond donors (Lipinski definition) is 3. The highest BCUT2D eigenvalue weighted by Gasteiger charge is 2.18. The first kappa shape index (κ1) is 10.9. The van der Waals surface area contributed by atoms with Gasteiger partial charge in [0.05, 0.1) is 11.7 Å². The summed E-state index contributed by atoms with van der Waals surface area (Å²) in [4.78, 5) is 0. The quantitative estimate of drug-likeness (QED) is 0.685. The van der Waals surface area contributed by atoms with Crippen LogP contribution in [0.2, 0.25) is 0 Å². The van der Waals surface area contributed by atoms with Gasteiger partial charge >= 0.3 is 0 Å². The zero-order valence-corrected chi connectivity index (χ0v) is 8.00. The highest BCUT2D eigenvalue weighted by atomic mass is 19.1. The molecule has 0 fully saturated rings. The van der Waals surface area contributed by atoms with E-state index in [0.29, 0.717) is 5.56 Å². The van der Waals surface area contributed by atoms with Crippen molar-refractivity contribution in [3.05, 3.63) is 29.1 Å². The van der Waals surface area contributed by atoms with E-state index in [1.165, 1.54) is 12.1 Å². The molecule has 0 saturated heterocycles. The number of halogens is 1. The van der Waals surface area contributed by atoms with E-state index in [1.807, 2.05) is 0 Å². The molecule has 0 spiro atoms. The molecule has 14 heavy (non-hydrogen) atoms. The maximum Gasteiger partial charge on any atom is 0.135 e. The van der Waals surface area contributed by atoms with Gasteiger partial charge in [0.1, 0.15) is 11.6 Å². The second-order valence-corrected chi connectivity index (χ2v) is 3.22. The lowest BCUT2D eigenvalue weighted by molar-refractivity contribution is 0.161. The average molecular weight is 199 g/mol. The number of benzene rings is 1. The van der Waals surface area contributed by atoms with Crippen LogP contribution in [0.5, 0.6) is 5.75 Å². The average Bonchev–Trinajstić information content (AvgIpc) is 2.13. The molecule has 3 nitrogen and oxygen atoms in total. The molecule has 0 saturated carbocycles. The molecule has 1 aromatic rings. The van der Waals surface area contributed by atoms with Gasteiger partial charge in [0.2, 0.25) is 0 Å². The lowest BCUT2D eigenvalue weighted by atomic mass is 10.0. The summed E-state index contributed by atoms with van der Waals surface area (Å²) >= 11 is 0. The monoisotopic (exact) mass is 199 g/mol. The van der Waals surface area contributed by atoms with Crippen LogP contribution in [0.25, 0.3) is 0 Å². The number of hydrogen-bond acceptors (Lipinski definition) is 3. The first-order chi connectivity index (χ1) is 6.57. The van der Waals surface area contributed by atoms with Gasteiger partial charge in [-0.1, -0.05) is 6.07 Å². The zero-order chi connectivity index (χ0) is 10.7. The molecule has 1 unspecified atom stereocenters. The molecule has 0 bridgehead atoms. The molecule has 1 aromatic carbocycles. The molecular weight excluding hydrogens is 185 g/mol. The second kappa shape index (κ2) is 4.39. The summed E-state index contributed by atoms with van der Waals surface area (Å²) < 4.78 is 13.5. The molecule has 0 aliphatic carbocycles. The number of aromatic hydroxyl groups is 1. The van der Waals surface area contributed by atoms with Crippen molar-refractivity contribution >= 4 is 0 Å². The van der Waals surface area contributed by atoms with E-state index in [9.17, 15) is 14.6 Å². The Morgan fingerprint density at radius 2 is 2.14 bits per heavy atom. The van der Waals surface area contributed by atoms with Crippen LogP contribution < -0.4 is 5.73 Å². The Morgan fingerprint density at radius 3 is 2.71 bits per heavy atom. The van der Waals surface area contributed by atoms with Gasteiger partial charge in [-0.05, 0) is 31.5 Å². The van der Waals surface area contributed by atoms with E-state index >= 15 is 0 Å². The minimum atomic E-state index is -1.04. The second-order valence-electron chi connectivity index (χ2n) is 3.22. The predicted molar refractivity (Wildman–Crippen MR) is 51.4 cm³/mol. The standard InChI is InChI=1S/C10H14FNO2/c1-6-2-3-7(13)9(10(6)11)8(14)4-5-12/h2-3,8,13-14H,4-5,12H2,1H3. The smallest absolute Gasteiger partial charge is 0.135 e. The van der Waals surface area contributed by atoms with Crippen molar-refractivity contribution in [1.82, 2.24) is 0 Å². The summed E-state index contributed by atoms with van der Waals surface area (Å²) in [7, 11) is 0. The van der Waals surface area contributed by atoms with Gasteiger partial charge in [0.15, 0.2) is 0 Å². The molecule has 0 amide bonds. The molecule has 0 heterocycles. The first-order valence-electron chi connectivity index (χ1n) is 4.44. The van der Waals surface area contributed by atoms with Gasteiger partial charge in [0.25, 0.3) is 0 Å². The Kier molecular flexibility index (Phi) is 3.43. The van der Waals surface area contributed by atoms with Crippen LogP contribution in [-0.4, -0.2) is 16.8 Å². The third kappa shape index (κ3) is 2.02. The number of phenolic OH excluding ortho intramolecular Hbond substituents is 1. The van der Waals surface area contributed by atoms with E-state index in [0.717, 1.165) is 0 Å². The fourth-order valence-electron chi connectivity index (χ4n) is 1.31. The van der Waals surface area contributed by atoms with Gasteiger partial charge in [-0.3, -0.25) is 0 Å². The lowest BCUT2D eigenvalue weighted by Crippen LogP contribution is -2.09. The Morgan fingerprint density at radius 1 is 1.50 bits per heavy atom. The summed E-state index contributed by atoms with van der Waals surface area (Å²) in [6.07, 6.45) is -0.812. The van der Waals surface area contributed by atoms with Crippen LogP contribution in [-0.2, 0) is 0 Å². The number of nitrogens with two attached hydrogens (primary N) is 1. The Bertz CT molecular complexity index is 328. The molecule has 4 heteroatoms. The SMILES string of the molecule is Cc1ccc(O)c(C(O)CCN)c1F. The summed E-state index contributed by atoms with van der Waals surface area (Å²) in [5.74, 6) is -0.792. The van der Waals surface area contributed by atoms with Crippen molar-refractivity contribution in [1.29, 1.82) is 0 Å². The van der Waals surface area contributed by atoms with Crippen molar-refractivity contribution < 1.29 is 14.6 Å². The minimum absolute atomic E-state index is 0.0598. The maximum atomic E-state index is 13.5. The van der Waals surface area contributed by atoms with Crippen LogP contribution >= 0.6 is 0 Å². The third-order valence-corrected chi connectivity index (χ3v) is 2.12. The van der Waals surface area contributed by atoms with Gasteiger partial charge < -0.3 is 15.9 Å². The van der Waals surface area contributed by atoms with Gasteiger partial charge in [-0.15, -0.1) is 0 Å². The van der Waals surface area contributed by atoms with Crippen molar-refractivity contribution in [2.45, 2.75) is 19.4 Å². The van der Waals surface area contributed by atoms with E-state index in [1.54, 1.807) is 6.92 Å². The normalized spacial score (nSPS) is 12.9. The number of rotatable bonds is 3. The molecule has 0 radical (unpaired) electrons. The van der Waals surface area contributed by atoms with E-state index in [4.69, 9.17) is 5.73 Å². The minimum Gasteiger partial charge on any atom is -0.507 e. The Labute approximate surface area is 82.0 Å². The molecule has 78 valence electrons. The Hall–Kier alpha value is -1.13. The van der Waals surface area contributed by atoms with Crippen LogP contribution in [0.4, 0.5) is 4.39 Å². The van der Waals surface area contributed by atoms with Crippen molar-refractivity contribution in [3.8, 4) is 5.75 Å². The molecule has 0 aromatic heterocycles. The number of aryl methyl sites for hydroxylation is 1. The maximum absolute atomic E-state index is 13.5. The highest BCUT2D eigenvalue weighted by molar-refractivity contribution is 5.38. The molecule has 1 rings (SSSR count). The zero-order valence-electron chi connectivity index (χ0n) is 8.00. The predicted octanol–water partition coefficient (Wildman–Crippen LogP) is 1.22. The third-order valence-electron chi connectivity index (χ3n) is 2.12. The molecule has 4 N–H and O–H groups in total. The molecule has 1 atom stereocenters. The number of aliphatic hydroxyl groups excluding tert-OH is 1. The highest BCUT2D eigenvalue weighted by Crippen LogP contribution is 2.30. The fourth-order valence-corrected chi connectivity index (χ4v) is 1.31. The summed E-state index contributed by atoms with van der Waals surface area (Å²) in [5.41, 5.74) is 5.58. The first-order valence-corrected chi connectivity index (χ1v) is 4.44. The molecular formula is C10H14FNO2. The van der Waals surface area contributed by atoms with E-state index in [-0.39, 0.29) is 24.3 Å². The molecule has 0 aliphatic heterocycles.